The van der Waals surface area contributed by atoms with Gasteiger partial charge in [0, 0.05) is 24.2 Å². The van der Waals surface area contributed by atoms with Crippen LogP contribution in [0.5, 0.6) is 11.5 Å². The molecular weight excluding hydrogens is 336 g/mol. The SMILES string of the molecule is C=CCn1c(=NC(=O)c2ccccc2)sc2cc(OC)c(OC)cc21. The Morgan fingerprint density at radius 3 is 2.52 bits per heavy atom. The van der Waals surface area contributed by atoms with E-state index in [1.807, 2.05) is 34.9 Å². The van der Waals surface area contributed by atoms with Crippen LogP contribution >= 0.6 is 11.3 Å². The van der Waals surface area contributed by atoms with E-state index in [1.165, 1.54) is 11.3 Å². The van der Waals surface area contributed by atoms with Crippen LogP contribution in [-0.4, -0.2) is 24.7 Å². The average Bonchev–Trinajstić information content (AvgIpc) is 2.97. The van der Waals surface area contributed by atoms with Crippen LogP contribution in [0.4, 0.5) is 0 Å². The molecule has 0 unspecified atom stereocenters. The third-order valence-electron chi connectivity index (χ3n) is 3.72. The van der Waals surface area contributed by atoms with Crippen molar-refractivity contribution in [3.05, 3.63) is 65.5 Å². The molecule has 128 valence electrons. The summed E-state index contributed by atoms with van der Waals surface area (Å²) in [4.78, 5) is 17.4. The number of hydrogen-bond donors (Lipinski definition) is 0. The number of aromatic nitrogens is 1. The number of carbonyl (C=O) groups is 1. The number of fused-ring (bicyclic) bond motifs is 1. The minimum Gasteiger partial charge on any atom is -0.493 e. The summed E-state index contributed by atoms with van der Waals surface area (Å²) in [7, 11) is 3.19. The van der Waals surface area contributed by atoms with Crippen LogP contribution in [0.2, 0.25) is 0 Å². The van der Waals surface area contributed by atoms with Crippen molar-refractivity contribution in [1.29, 1.82) is 0 Å². The Hall–Kier alpha value is -2.86. The first-order valence-electron chi connectivity index (χ1n) is 7.68. The summed E-state index contributed by atoms with van der Waals surface area (Å²) in [6.07, 6.45) is 1.77. The van der Waals surface area contributed by atoms with E-state index in [0.29, 0.717) is 28.4 Å². The molecule has 0 saturated heterocycles. The number of rotatable bonds is 5. The van der Waals surface area contributed by atoms with Crippen molar-refractivity contribution >= 4 is 27.5 Å². The molecule has 0 radical (unpaired) electrons. The van der Waals surface area contributed by atoms with Crippen LogP contribution in [0.15, 0.2) is 60.1 Å². The van der Waals surface area contributed by atoms with Crippen molar-refractivity contribution in [3.63, 3.8) is 0 Å². The van der Waals surface area contributed by atoms with Gasteiger partial charge < -0.3 is 14.0 Å². The largest absolute Gasteiger partial charge is 0.493 e. The van der Waals surface area contributed by atoms with Gasteiger partial charge in [0.05, 0.1) is 24.4 Å². The number of carbonyl (C=O) groups excluding carboxylic acids is 1. The van der Waals surface area contributed by atoms with Crippen molar-refractivity contribution < 1.29 is 14.3 Å². The molecule has 1 aromatic heterocycles. The monoisotopic (exact) mass is 354 g/mol. The highest BCUT2D eigenvalue weighted by atomic mass is 32.1. The highest BCUT2D eigenvalue weighted by Crippen LogP contribution is 2.33. The van der Waals surface area contributed by atoms with Crippen molar-refractivity contribution in [2.24, 2.45) is 4.99 Å². The molecule has 3 rings (SSSR count). The Morgan fingerprint density at radius 1 is 1.20 bits per heavy atom. The summed E-state index contributed by atoms with van der Waals surface area (Å²) >= 11 is 1.43. The highest BCUT2D eigenvalue weighted by molar-refractivity contribution is 7.16. The van der Waals surface area contributed by atoms with Gasteiger partial charge in [0.2, 0.25) is 0 Å². The van der Waals surface area contributed by atoms with Crippen LogP contribution in [0.1, 0.15) is 10.4 Å². The topological polar surface area (TPSA) is 52.8 Å². The molecule has 0 aliphatic heterocycles. The lowest BCUT2D eigenvalue weighted by molar-refractivity contribution is 0.0998. The predicted octanol–water partition coefficient (Wildman–Crippen LogP) is 3.65. The minimum atomic E-state index is -0.274. The van der Waals surface area contributed by atoms with E-state index in [4.69, 9.17) is 9.47 Å². The van der Waals surface area contributed by atoms with E-state index < -0.39 is 0 Å². The van der Waals surface area contributed by atoms with E-state index in [0.717, 1.165) is 10.2 Å². The second kappa shape index (κ2) is 7.36. The molecule has 0 bridgehead atoms. The van der Waals surface area contributed by atoms with Gasteiger partial charge in [0.15, 0.2) is 16.3 Å². The molecule has 0 saturated carbocycles. The molecule has 2 aromatic carbocycles. The van der Waals surface area contributed by atoms with Gasteiger partial charge in [-0.2, -0.15) is 4.99 Å². The summed E-state index contributed by atoms with van der Waals surface area (Å²) in [5.41, 5.74) is 1.47. The minimum absolute atomic E-state index is 0.274. The van der Waals surface area contributed by atoms with Crippen molar-refractivity contribution in [2.75, 3.05) is 14.2 Å². The van der Waals surface area contributed by atoms with Gasteiger partial charge in [-0.05, 0) is 12.1 Å². The molecular formula is C19H18N2O3S. The first-order chi connectivity index (χ1) is 12.2. The van der Waals surface area contributed by atoms with Gasteiger partial charge in [-0.15, -0.1) is 6.58 Å². The number of amides is 1. The fourth-order valence-electron chi connectivity index (χ4n) is 2.52. The lowest BCUT2D eigenvalue weighted by Crippen LogP contribution is -2.16. The van der Waals surface area contributed by atoms with Crippen LogP contribution in [0.25, 0.3) is 10.2 Å². The predicted molar refractivity (Wildman–Crippen MR) is 99.5 cm³/mol. The lowest BCUT2D eigenvalue weighted by Gasteiger charge is -2.08. The van der Waals surface area contributed by atoms with Crippen LogP contribution in [0.3, 0.4) is 0 Å². The smallest absolute Gasteiger partial charge is 0.279 e. The summed E-state index contributed by atoms with van der Waals surface area (Å²) in [5, 5.41) is 0. The number of hydrogen-bond acceptors (Lipinski definition) is 4. The summed E-state index contributed by atoms with van der Waals surface area (Å²) in [6, 6.07) is 12.8. The summed E-state index contributed by atoms with van der Waals surface area (Å²) < 4.78 is 13.6. The fraction of sp³-hybridized carbons (Fsp3) is 0.158. The molecule has 0 aliphatic carbocycles. The number of thiazole rings is 1. The number of ether oxygens (including phenoxy) is 2. The molecule has 1 heterocycles. The Labute approximate surface area is 149 Å². The molecule has 0 spiro atoms. The van der Waals surface area contributed by atoms with Gasteiger partial charge >= 0.3 is 0 Å². The molecule has 1 amide bonds. The summed E-state index contributed by atoms with van der Waals surface area (Å²) in [5.74, 6) is 0.999. The maximum Gasteiger partial charge on any atom is 0.279 e. The number of methoxy groups -OCH3 is 2. The molecule has 0 fully saturated rings. The fourth-order valence-corrected chi connectivity index (χ4v) is 3.57. The quantitative estimate of drug-likeness (QED) is 0.657. The first-order valence-corrected chi connectivity index (χ1v) is 8.50. The van der Waals surface area contributed by atoms with Gasteiger partial charge in [0.25, 0.3) is 5.91 Å². The van der Waals surface area contributed by atoms with Crippen molar-refractivity contribution in [2.45, 2.75) is 6.54 Å². The van der Waals surface area contributed by atoms with E-state index in [1.54, 1.807) is 32.4 Å². The molecule has 25 heavy (non-hydrogen) atoms. The second-order valence-electron chi connectivity index (χ2n) is 5.24. The maximum absolute atomic E-state index is 12.4. The van der Waals surface area contributed by atoms with Crippen LogP contribution in [0, 0.1) is 0 Å². The standard InChI is InChI=1S/C19H18N2O3S/c1-4-10-21-14-11-15(23-2)16(24-3)12-17(14)25-19(21)20-18(22)13-8-6-5-7-9-13/h4-9,11-12H,1,10H2,2-3H3. The average molecular weight is 354 g/mol. The first kappa shape index (κ1) is 17.0. The molecule has 0 N–H and O–H groups in total. The highest BCUT2D eigenvalue weighted by Gasteiger charge is 2.13. The second-order valence-corrected chi connectivity index (χ2v) is 6.25. The number of allylic oxidation sites excluding steroid dienone is 1. The number of nitrogens with zero attached hydrogens (tertiary/aromatic N) is 2. The third kappa shape index (κ3) is 3.34. The molecule has 5 nitrogen and oxygen atoms in total. The van der Waals surface area contributed by atoms with E-state index in [2.05, 4.69) is 11.6 Å². The van der Waals surface area contributed by atoms with Gasteiger partial charge in [-0.25, -0.2) is 0 Å². The molecule has 3 aromatic rings. The molecule has 0 aliphatic rings. The Balaban J connectivity index is 2.20. The number of benzene rings is 2. The Morgan fingerprint density at radius 2 is 1.88 bits per heavy atom. The molecule has 0 atom stereocenters. The lowest BCUT2D eigenvalue weighted by atomic mass is 10.2. The Kier molecular flexibility index (Phi) is 5.00. The van der Waals surface area contributed by atoms with Gasteiger partial charge in [-0.3, -0.25) is 4.79 Å². The van der Waals surface area contributed by atoms with Crippen LogP contribution in [-0.2, 0) is 6.54 Å². The van der Waals surface area contributed by atoms with Crippen LogP contribution < -0.4 is 14.3 Å². The zero-order valence-corrected chi connectivity index (χ0v) is 14.9. The molecule has 6 heteroatoms. The van der Waals surface area contributed by atoms with Crippen molar-refractivity contribution in [1.82, 2.24) is 4.57 Å². The van der Waals surface area contributed by atoms with E-state index in [-0.39, 0.29) is 5.91 Å². The zero-order chi connectivity index (χ0) is 17.8. The van der Waals surface area contributed by atoms with E-state index in [9.17, 15) is 4.79 Å². The zero-order valence-electron chi connectivity index (χ0n) is 14.1. The normalized spacial score (nSPS) is 11.5. The summed E-state index contributed by atoms with van der Waals surface area (Å²) in [6.45, 7) is 4.34. The van der Waals surface area contributed by atoms with Crippen molar-refractivity contribution in [3.8, 4) is 11.5 Å². The third-order valence-corrected chi connectivity index (χ3v) is 4.76. The van der Waals surface area contributed by atoms with E-state index >= 15 is 0 Å². The van der Waals surface area contributed by atoms with Gasteiger partial charge in [-0.1, -0.05) is 35.6 Å². The maximum atomic E-state index is 12.4. The van der Waals surface area contributed by atoms with Gasteiger partial charge in [0.1, 0.15) is 0 Å². The Bertz CT molecular complexity index is 987.